The first-order valence-electron chi connectivity index (χ1n) is 8.36. The summed E-state index contributed by atoms with van der Waals surface area (Å²) in [5.74, 6) is -0.200. The third kappa shape index (κ3) is 2.99. The average Bonchev–Trinajstić information content (AvgIpc) is 2.66. The van der Waals surface area contributed by atoms with E-state index in [1.165, 1.54) is 18.7 Å². The molecule has 1 N–H and O–H groups in total. The Kier molecular flexibility index (Phi) is 4.91. The van der Waals surface area contributed by atoms with Gasteiger partial charge >= 0.3 is 11.3 Å². The number of para-hydroxylation sites is 1. The molecule has 0 aliphatic carbocycles. The topological polar surface area (TPSA) is 69.9 Å². The number of carbonyl (C=O) groups excluding carboxylic acids is 1. The van der Waals surface area contributed by atoms with Gasteiger partial charge in [0.2, 0.25) is 11.1 Å². The van der Waals surface area contributed by atoms with Crippen molar-refractivity contribution in [3.63, 3.8) is 0 Å². The maximum Gasteiger partial charge on any atom is 0.325 e. The van der Waals surface area contributed by atoms with E-state index in [0.29, 0.717) is 37.7 Å². The highest BCUT2D eigenvalue weighted by atomic mass is 35.5. The second kappa shape index (κ2) is 7.24. The molecule has 6 nitrogen and oxygen atoms in total. The minimum absolute atomic E-state index is 0.200. The molecule has 3 aromatic rings. The van der Waals surface area contributed by atoms with Crippen LogP contribution in [0.25, 0.3) is 11.3 Å². The van der Waals surface area contributed by atoms with Gasteiger partial charge in [-0.25, -0.2) is 4.90 Å². The molecule has 28 heavy (non-hydrogen) atoms. The Balaban J connectivity index is 2.11. The van der Waals surface area contributed by atoms with Crippen LogP contribution in [0.5, 0.6) is 0 Å². The molecule has 0 saturated heterocycles. The third-order valence-corrected chi connectivity index (χ3v) is 5.66. The molecule has 0 fully saturated rings. The van der Waals surface area contributed by atoms with Crippen molar-refractivity contribution < 1.29 is 9.48 Å². The monoisotopic (exact) mass is 433 g/mol. The molecular formula is C19H15Cl2N4O2S+. The molecule has 9 heteroatoms. The average molecular weight is 434 g/mol. The predicted molar refractivity (Wildman–Crippen MR) is 110 cm³/mol. The second-order valence-electron chi connectivity index (χ2n) is 6.20. The summed E-state index contributed by atoms with van der Waals surface area (Å²) in [6.45, 7) is 1.47. The van der Waals surface area contributed by atoms with Crippen LogP contribution in [0.3, 0.4) is 0 Å². The smallest absolute Gasteiger partial charge is 0.291 e. The molecular weight excluding hydrogens is 419 g/mol. The summed E-state index contributed by atoms with van der Waals surface area (Å²) >= 11 is 13.9. The Bertz CT molecular complexity index is 1160. The number of H-pyrrole nitrogens is 1. The number of rotatable bonds is 2. The molecule has 2 aromatic carbocycles. The summed E-state index contributed by atoms with van der Waals surface area (Å²) in [6, 6.07) is 12.3. The number of hydrogen-bond donors (Lipinski definition) is 1. The lowest BCUT2D eigenvalue weighted by molar-refractivity contribution is -0.763. The molecule has 1 aromatic heterocycles. The number of anilines is 1. The second-order valence-corrected chi connectivity index (χ2v) is 7.84. The highest BCUT2D eigenvalue weighted by Gasteiger charge is 2.45. The van der Waals surface area contributed by atoms with Gasteiger partial charge in [0.25, 0.3) is 6.17 Å². The number of nitrogens with zero attached hydrogens (tertiary/aromatic N) is 3. The quantitative estimate of drug-likeness (QED) is 0.494. The molecule has 0 spiro atoms. The van der Waals surface area contributed by atoms with E-state index < -0.39 is 6.17 Å². The summed E-state index contributed by atoms with van der Waals surface area (Å²) in [4.78, 5) is 30.0. The fourth-order valence-electron chi connectivity index (χ4n) is 3.40. The lowest BCUT2D eigenvalue weighted by Crippen LogP contribution is -2.60. The van der Waals surface area contributed by atoms with Gasteiger partial charge in [0.1, 0.15) is 0 Å². The van der Waals surface area contributed by atoms with Crippen LogP contribution < -0.4 is 15.1 Å². The third-order valence-electron chi connectivity index (χ3n) is 4.53. The van der Waals surface area contributed by atoms with Gasteiger partial charge < -0.3 is 0 Å². The number of hydrogen-bond acceptors (Lipinski definition) is 4. The lowest BCUT2D eigenvalue weighted by Gasteiger charge is -2.31. The minimum Gasteiger partial charge on any atom is -0.291 e. The summed E-state index contributed by atoms with van der Waals surface area (Å²) in [5, 5.41) is 5.88. The molecule has 142 valence electrons. The van der Waals surface area contributed by atoms with Crippen LogP contribution in [0.4, 0.5) is 5.69 Å². The van der Waals surface area contributed by atoms with E-state index in [9.17, 15) is 9.59 Å². The van der Waals surface area contributed by atoms with Crippen molar-refractivity contribution in [2.75, 3.05) is 11.2 Å². The Hall–Kier alpha value is -2.35. The molecule has 1 unspecified atom stereocenters. The van der Waals surface area contributed by atoms with Crippen molar-refractivity contribution in [1.29, 1.82) is 0 Å². The van der Waals surface area contributed by atoms with Gasteiger partial charge in [-0.1, -0.05) is 47.1 Å². The Morgan fingerprint density at radius 2 is 2.00 bits per heavy atom. The maximum absolute atomic E-state index is 12.9. The van der Waals surface area contributed by atoms with Gasteiger partial charge in [-0.05, 0) is 41.3 Å². The van der Waals surface area contributed by atoms with Crippen molar-refractivity contribution in [2.45, 2.75) is 18.2 Å². The molecule has 0 bridgehead atoms. The summed E-state index contributed by atoms with van der Waals surface area (Å²) in [7, 11) is 0. The highest BCUT2D eigenvalue weighted by Crippen LogP contribution is 2.39. The first-order valence-corrected chi connectivity index (χ1v) is 10.3. The molecule has 2 heterocycles. The van der Waals surface area contributed by atoms with Gasteiger partial charge in [0.05, 0.1) is 21.8 Å². The zero-order chi connectivity index (χ0) is 20.0. The van der Waals surface area contributed by atoms with Crippen LogP contribution in [0, 0.1) is 0 Å². The van der Waals surface area contributed by atoms with Crippen molar-refractivity contribution >= 4 is 46.6 Å². The van der Waals surface area contributed by atoms with Crippen molar-refractivity contribution in [1.82, 2.24) is 10.1 Å². The first-order chi connectivity index (χ1) is 13.4. The van der Waals surface area contributed by atoms with Crippen molar-refractivity contribution in [3.05, 3.63) is 68.4 Å². The number of thioether (sulfide) groups is 1. The summed E-state index contributed by atoms with van der Waals surface area (Å²) in [6.07, 6.45) is 1.09. The number of halogens is 2. The van der Waals surface area contributed by atoms with E-state index in [0.717, 1.165) is 0 Å². The van der Waals surface area contributed by atoms with E-state index in [1.807, 2.05) is 18.4 Å². The van der Waals surface area contributed by atoms with Gasteiger partial charge in [-0.3, -0.25) is 14.6 Å². The van der Waals surface area contributed by atoms with Gasteiger partial charge in [-0.15, -0.1) is 0 Å². The number of benzene rings is 2. The standard InChI is InChI=1S/C19H14Cl2N4O2S/c1-10(26)24-15-6-4-3-5-13(15)16-17(27)22-19(28-2)23-25(16)18(24)12-8-7-11(20)9-14(12)21/h3-9,18H,1-2H3/p+1. The lowest BCUT2D eigenvalue weighted by atomic mass is 10.0. The number of aromatic amines is 1. The van der Waals surface area contributed by atoms with E-state index in [4.69, 9.17) is 23.2 Å². The SMILES string of the molecule is CSc1n[n+]2c(c(=O)[nH]1)-c1ccccc1N(C(C)=O)C2c1ccc(Cl)cc1Cl. The molecule has 4 rings (SSSR count). The molecule has 1 aliphatic heterocycles. The number of aromatic nitrogens is 3. The summed E-state index contributed by atoms with van der Waals surface area (Å²) in [5.41, 5.74) is 1.94. The molecule has 1 atom stereocenters. The Morgan fingerprint density at radius 3 is 2.68 bits per heavy atom. The van der Waals surface area contributed by atoms with Crippen molar-refractivity contribution in [3.8, 4) is 11.3 Å². The van der Waals surface area contributed by atoms with E-state index >= 15 is 0 Å². The van der Waals surface area contributed by atoms with Crippen LogP contribution in [0.15, 0.2) is 52.4 Å². The highest BCUT2D eigenvalue weighted by molar-refractivity contribution is 7.98. The number of carbonyl (C=O) groups is 1. The first kappa shape index (κ1) is 19.0. The normalized spacial score (nSPS) is 15.1. The van der Waals surface area contributed by atoms with Gasteiger partial charge in [-0.2, -0.15) is 0 Å². The molecule has 0 saturated carbocycles. The number of nitrogens with one attached hydrogen (secondary N) is 1. The zero-order valence-electron chi connectivity index (χ0n) is 14.9. The molecule has 0 radical (unpaired) electrons. The molecule has 1 amide bonds. The van der Waals surface area contributed by atoms with Crippen LogP contribution in [0.1, 0.15) is 18.7 Å². The largest absolute Gasteiger partial charge is 0.325 e. The number of amides is 1. The van der Waals surface area contributed by atoms with Crippen LogP contribution >= 0.6 is 35.0 Å². The van der Waals surface area contributed by atoms with Crippen LogP contribution in [-0.2, 0) is 4.79 Å². The summed E-state index contributed by atoms with van der Waals surface area (Å²) < 4.78 is 1.56. The van der Waals surface area contributed by atoms with Crippen LogP contribution in [-0.4, -0.2) is 22.2 Å². The minimum atomic E-state index is -0.722. The maximum atomic E-state index is 12.9. The fraction of sp³-hybridized carbons (Fsp3) is 0.158. The van der Waals surface area contributed by atoms with Crippen LogP contribution in [0.2, 0.25) is 10.0 Å². The predicted octanol–water partition coefficient (Wildman–Crippen LogP) is 3.67. The van der Waals surface area contributed by atoms with E-state index in [-0.39, 0.29) is 11.5 Å². The number of fused-ring (bicyclic) bond motifs is 3. The van der Waals surface area contributed by atoms with E-state index in [1.54, 1.807) is 39.9 Å². The Labute approximate surface area is 175 Å². The van der Waals surface area contributed by atoms with E-state index in [2.05, 4.69) is 10.1 Å². The Morgan fingerprint density at radius 1 is 1.25 bits per heavy atom. The fourth-order valence-corrected chi connectivity index (χ4v) is 4.27. The zero-order valence-corrected chi connectivity index (χ0v) is 17.3. The van der Waals surface area contributed by atoms with Gasteiger partial charge in [0.15, 0.2) is 0 Å². The van der Waals surface area contributed by atoms with Crippen molar-refractivity contribution in [2.24, 2.45) is 0 Å². The molecule has 1 aliphatic rings. The van der Waals surface area contributed by atoms with Gasteiger partial charge in [0, 0.05) is 17.0 Å².